The van der Waals surface area contributed by atoms with Crippen LogP contribution in [0.2, 0.25) is 0 Å². The molecule has 3 rings (SSSR count). The third-order valence-electron chi connectivity index (χ3n) is 6.60. The molecule has 5 heteroatoms. The Labute approximate surface area is 176 Å². The summed E-state index contributed by atoms with van der Waals surface area (Å²) in [5.41, 5.74) is 1.63. The Balaban J connectivity index is 1.51. The molecule has 2 atom stereocenters. The van der Waals surface area contributed by atoms with Gasteiger partial charge in [0.05, 0.1) is 6.10 Å². The first-order chi connectivity index (χ1) is 14.3. The number of nitrogens with zero attached hydrogens (tertiary/aromatic N) is 1. The molecule has 5 nitrogen and oxygen atoms in total. The van der Waals surface area contributed by atoms with E-state index in [9.17, 15) is 0 Å². The highest BCUT2D eigenvalue weighted by Gasteiger charge is 2.34. The van der Waals surface area contributed by atoms with Gasteiger partial charge in [0.15, 0.2) is 5.96 Å². The molecule has 1 aromatic rings. The van der Waals surface area contributed by atoms with Gasteiger partial charge in [-0.1, -0.05) is 43.2 Å². The fourth-order valence-corrected chi connectivity index (χ4v) is 4.86. The van der Waals surface area contributed by atoms with Crippen molar-refractivity contribution in [3.05, 3.63) is 35.9 Å². The van der Waals surface area contributed by atoms with Crippen molar-refractivity contribution in [1.82, 2.24) is 10.6 Å². The number of guanidine groups is 1. The smallest absolute Gasteiger partial charge is 0.191 e. The second-order valence-electron chi connectivity index (χ2n) is 8.57. The Morgan fingerprint density at radius 1 is 1.17 bits per heavy atom. The number of rotatable bonds is 9. The highest BCUT2D eigenvalue weighted by Crippen LogP contribution is 2.40. The molecular formula is C24H39N3O2. The van der Waals surface area contributed by atoms with Crippen LogP contribution in [0.4, 0.5) is 0 Å². The van der Waals surface area contributed by atoms with Crippen molar-refractivity contribution in [1.29, 1.82) is 0 Å². The Hall–Kier alpha value is -1.59. The lowest BCUT2D eigenvalue weighted by Crippen LogP contribution is -2.45. The quantitative estimate of drug-likeness (QED) is 0.368. The number of benzene rings is 1. The first-order valence-corrected chi connectivity index (χ1v) is 11.5. The highest BCUT2D eigenvalue weighted by atomic mass is 16.5. The van der Waals surface area contributed by atoms with Crippen LogP contribution < -0.4 is 10.6 Å². The lowest BCUT2D eigenvalue weighted by Gasteiger charge is -2.33. The van der Waals surface area contributed by atoms with Crippen molar-refractivity contribution >= 4 is 5.96 Å². The molecule has 162 valence electrons. The van der Waals surface area contributed by atoms with Crippen molar-refractivity contribution in [2.75, 3.05) is 40.0 Å². The van der Waals surface area contributed by atoms with Crippen LogP contribution in [0.3, 0.4) is 0 Å². The topological polar surface area (TPSA) is 54.9 Å². The van der Waals surface area contributed by atoms with Crippen molar-refractivity contribution in [2.24, 2.45) is 16.3 Å². The van der Waals surface area contributed by atoms with E-state index < -0.39 is 0 Å². The SMILES string of the molecule is CCOCCC1(CNC(=NC)NCC2CCCOC2c2ccccc2)CCCC1. The molecule has 29 heavy (non-hydrogen) atoms. The van der Waals surface area contributed by atoms with E-state index >= 15 is 0 Å². The van der Waals surface area contributed by atoms with Crippen LogP contribution in [0.5, 0.6) is 0 Å². The Kier molecular flexibility index (Phi) is 8.81. The van der Waals surface area contributed by atoms with E-state index in [2.05, 4.69) is 52.9 Å². The first kappa shape index (κ1) is 22.1. The minimum Gasteiger partial charge on any atom is -0.382 e. The molecule has 1 aliphatic carbocycles. The van der Waals surface area contributed by atoms with Crippen LogP contribution in [0.25, 0.3) is 0 Å². The lowest BCUT2D eigenvalue weighted by atomic mass is 9.83. The van der Waals surface area contributed by atoms with Gasteiger partial charge in [0.1, 0.15) is 0 Å². The molecule has 1 aromatic carbocycles. The molecule has 2 fully saturated rings. The summed E-state index contributed by atoms with van der Waals surface area (Å²) in [6.07, 6.45) is 8.85. The summed E-state index contributed by atoms with van der Waals surface area (Å²) >= 11 is 0. The van der Waals surface area contributed by atoms with Crippen molar-refractivity contribution in [3.63, 3.8) is 0 Å². The maximum atomic E-state index is 6.14. The zero-order valence-corrected chi connectivity index (χ0v) is 18.3. The molecule has 0 aromatic heterocycles. The summed E-state index contributed by atoms with van der Waals surface area (Å²) in [4.78, 5) is 4.48. The summed E-state index contributed by atoms with van der Waals surface area (Å²) in [6.45, 7) is 6.45. The van der Waals surface area contributed by atoms with Gasteiger partial charge < -0.3 is 20.1 Å². The molecule has 0 radical (unpaired) electrons. The van der Waals surface area contributed by atoms with Crippen molar-refractivity contribution in [3.8, 4) is 0 Å². The molecule has 0 spiro atoms. The van der Waals surface area contributed by atoms with Gasteiger partial charge in [0.25, 0.3) is 0 Å². The molecule has 0 amide bonds. The van der Waals surface area contributed by atoms with E-state index in [0.717, 1.165) is 51.7 Å². The summed E-state index contributed by atoms with van der Waals surface area (Å²) in [5.74, 6) is 1.37. The molecular weight excluding hydrogens is 362 g/mol. The first-order valence-electron chi connectivity index (χ1n) is 11.5. The van der Waals surface area contributed by atoms with Gasteiger partial charge in [0, 0.05) is 45.9 Å². The summed E-state index contributed by atoms with van der Waals surface area (Å²) in [6, 6.07) is 10.6. The fourth-order valence-electron chi connectivity index (χ4n) is 4.86. The van der Waals surface area contributed by atoms with Crippen LogP contribution in [-0.2, 0) is 9.47 Å². The molecule has 1 saturated heterocycles. The molecule has 2 N–H and O–H groups in total. The molecule has 0 bridgehead atoms. The van der Waals surface area contributed by atoms with Crippen molar-refractivity contribution in [2.45, 2.75) is 58.0 Å². The minimum absolute atomic E-state index is 0.169. The van der Waals surface area contributed by atoms with Gasteiger partial charge in [-0.2, -0.15) is 0 Å². The monoisotopic (exact) mass is 401 g/mol. The molecule has 1 heterocycles. The van der Waals surface area contributed by atoms with E-state index in [1.165, 1.54) is 37.7 Å². The zero-order valence-electron chi connectivity index (χ0n) is 18.3. The number of hydrogen-bond acceptors (Lipinski definition) is 3. The van der Waals surface area contributed by atoms with Crippen LogP contribution in [0.15, 0.2) is 35.3 Å². The molecule has 2 aliphatic rings. The van der Waals surface area contributed by atoms with Gasteiger partial charge in [-0.25, -0.2) is 0 Å². The average Bonchev–Trinajstić information content (AvgIpc) is 3.24. The average molecular weight is 402 g/mol. The standard InChI is InChI=1S/C24H39N3O2/c1-3-28-17-15-24(13-7-8-14-24)19-27-23(25-2)26-18-21-12-9-16-29-22(21)20-10-5-4-6-11-20/h4-6,10-11,21-22H,3,7-9,12-19H2,1-2H3,(H2,25,26,27). The normalized spacial score (nSPS) is 24.4. The minimum atomic E-state index is 0.169. The van der Waals surface area contributed by atoms with E-state index in [-0.39, 0.29) is 6.10 Å². The van der Waals surface area contributed by atoms with E-state index in [4.69, 9.17) is 9.47 Å². The van der Waals surface area contributed by atoms with Gasteiger partial charge >= 0.3 is 0 Å². The second kappa shape index (κ2) is 11.6. The maximum Gasteiger partial charge on any atom is 0.191 e. The van der Waals surface area contributed by atoms with Crippen LogP contribution in [0.1, 0.15) is 63.5 Å². The fraction of sp³-hybridized carbons (Fsp3) is 0.708. The van der Waals surface area contributed by atoms with E-state index in [1.54, 1.807) is 0 Å². The van der Waals surface area contributed by atoms with Gasteiger partial charge in [-0.3, -0.25) is 4.99 Å². The summed E-state index contributed by atoms with van der Waals surface area (Å²) < 4.78 is 11.8. The van der Waals surface area contributed by atoms with E-state index in [1.807, 2.05) is 7.05 Å². The third-order valence-corrected chi connectivity index (χ3v) is 6.60. The Morgan fingerprint density at radius 2 is 1.97 bits per heavy atom. The van der Waals surface area contributed by atoms with Gasteiger partial charge in [-0.15, -0.1) is 0 Å². The highest BCUT2D eigenvalue weighted by molar-refractivity contribution is 5.79. The number of nitrogens with one attached hydrogen (secondary N) is 2. The number of ether oxygens (including phenoxy) is 2. The van der Waals surface area contributed by atoms with Crippen LogP contribution in [0, 0.1) is 11.3 Å². The number of aliphatic imine (C=N–C) groups is 1. The maximum absolute atomic E-state index is 6.14. The van der Waals surface area contributed by atoms with Gasteiger partial charge in [0.2, 0.25) is 0 Å². The summed E-state index contributed by atoms with van der Waals surface area (Å²) in [7, 11) is 1.86. The molecule has 2 unspecified atom stereocenters. The number of hydrogen-bond donors (Lipinski definition) is 2. The van der Waals surface area contributed by atoms with Crippen molar-refractivity contribution < 1.29 is 9.47 Å². The van der Waals surface area contributed by atoms with Crippen LogP contribution in [-0.4, -0.2) is 45.9 Å². The summed E-state index contributed by atoms with van der Waals surface area (Å²) in [5, 5.41) is 7.19. The zero-order chi connectivity index (χ0) is 20.4. The predicted octanol–water partition coefficient (Wildman–Crippen LogP) is 4.31. The van der Waals surface area contributed by atoms with Gasteiger partial charge in [-0.05, 0) is 50.0 Å². The third kappa shape index (κ3) is 6.45. The Bertz CT molecular complexity index is 614. The second-order valence-corrected chi connectivity index (χ2v) is 8.57. The molecule has 1 saturated carbocycles. The lowest BCUT2D eigenvalue weighted by molar-refractivity contribution is -0.0265. The Morgan fingerprint density at radius 3 is 2.69 bits per heavy atom. The van der Waals surface area contributed by atoms with Crippen LogP contribution >= 0.6 is 0 Å². The van der Waals surface area contributed by atoms with E-state index in [0.29, 0.717) is 11.3 Å². The molecule has 1 aliphatic heterocycles. The predicted molar refractivity (Wildman–Crippen MR) is 119 cm³/mol. The largest absolute Gasteiger partial charge is 0.382 e.